The van der Waals surface area contributed by atoms with E-state index < -0.39 is 4.92 Å². The fourth-order valence-electron chi connectivity index (χ4n) is 2.36. The molecule has 0 saturated heterocycles. The van der Waals surface area contributed by atoms with E-state index in [1.807, 2.05) is 0 Å². The molecule has 3 aromatic rings. The molecule has 0 atom stereocenters. The average molecular weight is 326 g/mol. The first-order valence-corrected chi connectivity index (χ1v) is 7.23. The van der Waals surface area contributed by atoms with E-state index in [1.165, 1.54) is 18.5 Å². The highest BCUT2D eigenvalue weighted by atomic mass is 16.6. The third kappa shape index (κ3) is 3.17. The first kappa shape index (κ1) is 15.5. The van der Waals surface area contributed by atoms with E-state index in [-0.39, 0.29) is 17.4 Å². The van der Waals surface area contributed by atoms with Gasteiger partial charge < -0.3 is 15.1 Å². The Kier molecular flexibility index (Phi) is 4.37. The molecule has 2 aromatic heterocycles. The summed E-state index contributed by atoms with van der Waals surface area (Å²) in [6, 6.07) is 8.03. The third-order valence-corrected chi connectivity index (χ3v) is 3.46. The van der Waals surface area contributed by atoms with Crippen LogP contribution in [0.4, 0.5) is 11.4 Å². The Labute approximate surface area is 136 Å². The van der Waals surface area contributed by atoms with Gasteiger partial charge in [0.15, 0.2) is 5.76 Å². The zero-order valence-corrected chi connectivity index (χ0v) is 12.6. The molecule has 8 heteroatoms. The minimum atomic E-state index is -0.433. The van der Waals surface area contributed by atoms with Crippen molar-refractivity contribution >= 4 is 28.1 Å². The van der Waals surface area contributed by atoms with Crippen molar-refractivity contribution in [3.63, 3.8) is 0 Å². The van der Waals surface area contributed by atoms with Gasteiger partial charge in [-0.25, -0.2) is 0 Å². The highest BCUT2D eigenvalue weighted by molar-refractivity contribution is 5.99. The predicted molar refractivity (Wildman–Crippen MR) is 87.9 cm³/mol. The van der Waals surface area contributed by atoms with Crippen LogP contribution in [0.2, 0.25) is 0 Å². The molecule has 2 heterocycles. The van der Waals surface area contributed by atoms with Crippen LogP contribution in [-0.4, -0.2) is 28.9 Å². The topological polar surface area (TPSA) is 110 Å². The number of furan rings is 1. The summed E-state index contributed by atoms with van der Waals surface area (Å²) in [5.74, 6) is -0.0404. The summed E-state index contributed by atoms with van der Waals surface area (Å²) in [5.41, 5.74) is 0.750. The van der Waals surface area contributed by atoms with E-state index in [2.05, 4.69) is 15.6 Å². The monoisotopic (exact) mass is 326 g/mol. The van der Waals surface area contributed by atoms with Gasteiger partial charge in [-0.3, -0.25) is 19.9 Å². The summed E-state index contributed by atoms with van der Waals surface area (Å²) in [7, 11) is 0. The molecule has 0 unspecified atom stereocenters. The molecule has 0 bridgehead atoms. The lowest BCUT2D eigenvalue weighted by atomic mass is 10.1. The van der Waals surface area contributed by atoms with Gasteiger partial charge in [-0.15, -0.1) is 0 Å². The molecule has 0 spiro atoms. The molecular formula is C16H14N4O4. The first-order valence-electron chi connectivity index (χ1n) is 7.23. The van der Waals surface area contributed by atoms with Gasteiger partial charge in [-0.2, -0.15) is 0 Å². The first-order chi connectivity index (χ1) is 11.7. The molecule has 1 amide bonds. The molecule has 8 nitrogen and oxygen atoms in total. The second-order valence-electron chi connectivity index (χ2n) is 4.97. The van der Waals surface area contributed by atoms with Crippen molar-refractivity contribution < 1.29 is 14.1 Å². The molecule has 0 aliphatic carbocycles. The molecule has 0 radical (unpaired) electrons. The smallest absolute Gasteiger partial charge is 0.287 e. The summed E-state index contributed by atoms with van der Waals surface area (Å²) in [4.78, 5) is 26.3. The number of hydrogen-bond acceptors (Lipinski definition) is 6. The van der Waals surface area contributed by atoms with Crippen LogP contribution in [0.5, 0.6) is 0 Å². The number of non-ortho nitro benzene ring substituents is 1. The van der Waals surface area contributed by atoms with Crippen LogP contribution in [0, 0.1) is 10.1 Å². The SMILES string of the molecule is O=C(NCCNc1ccc([N+](=O)[O-])c2cnccc12)c1ccco1. The lowest BCUT2D eigenvalue weighted by Gasteiger charge is -2.10. The van der Waals surface area contributed by atoms with Crippen LogP contribution in [0.15, 0.2) is 53.4 Å². The van der Waals surface area contributed by atoms with E-state index in [9.17, 15) is 14.9 Å². The molecule has 0 aliphatic rings. The average Bonchev–Trinajstić information content (AvgIpc) is 3.13. The Morgan fingerprint density at radius 3 is 2.83 bits per heavy atom. The summed E-state index contributed by atoms with van der Waals surface area (Å²) in [5, 5.41) is 18.1. The number of benzene rings is 1. The van der Waals surface area contributed by atoms with Crippen LogP contribution < -0.4 is 10.6 Å². The quantitative estimate of drug-likeness (QED) is 0.409. The molecule has 0 aliphatic heterocycles. The Hall–Kier alpha value is -3.42. The molecule has 24 heavy (non-hydrogen) atoms. The fourth-order valence-corrected chi connectivity index (χ4v) is 2.36. The summed E-state index contributed by atoms with van der Waals surface area (Å²) in [6.45, 7) is 0.838. The van der Waals surface area contributed by atoms with Crippen molar-refractivity contribution in [3.05, 3.63) is 64.9 Å². The Bertz CT molecular complexity index is 877. The number of rotatable bonds is 6. The number of aromatic nitrogens is 1. The van der Waals surface area contributed by atoms with Gasteiger partial charge in [-0.1, -0.05) is 0 Å². The molecule has 122 valence electrons. The number of nitrogens with zero attached hydrogens (tertiary/aromatic N) is 2. The van der Waals surface area contributed by atoms with Crippen molar-refractivity contribution in [1.82, 2.24) is 10.3 Å². The Morgan fingerprint density at radius 1 is 1.21 bits per heavy atom. The van der Waals surface area contributed by atoms with Gasteiger partial charge in [0.2, 0.25) is 0 Å². The van der Waals surface area contributed by atoms with Crippen LogP contribution in [0.25, 0.3) is 10.8 Å². The maximum absolute atomic E-state index is 11.7. The number of carbonyl (C=O) groups is 1. The molecular weight excluding hydrogens is 312 g/mol. The Balaban J connectivity index is 1.67. The summed E-state index contributed by atoms with van der Waals surface area (Å²) < 4.78 is 5.00. The highest BCUT2D eigenvalue weighted by Crippen LogP contribution is 2.30. The zero-order valence-electron chi connectivity index (χ0n) is 12.6. The minimum Gasteiger partial charge on any atom is -0.459 e. The number of hydrogen-bond donors (Lipinski definition) is 2. The van der Waals surface area contributed by atoms with Crippen LogP contribution in [0.3, 0.4) is 0 Å². The van der Waals surface area contributed by atoms with E-state index in [0.717, 1.165) is 5.69 Å². The largest absolute Gasteiger partial charge is 0.459 e. The summed E-state index contributed by atoms with van der Waals surface area (Å²) in [6.07, 6.45) is 4.48. The standard InChI is InChI=1S/C16H14N4O4/c21-16(15-2-1-9-24-15)19-8-7-18-13-3-4-14(20(22)23)12-10-17-6-5-11(12)13/h1-6,9-10,18H,7-8H2,(H,19,21). The van der Waals surface area contributed by atoms with Gasteiger partial charge in [-0.05, 0) is 24.3 Å². The van der Waals surface area contributed by atoms with E-state index in [0.29, 0.717) is 23.9 Å². The number of nitro groups is 1. The summed E-state index contributed by atoms with van der Waals surface area (Å²) >= 11 is 0. The zero-order chi connectivity index (χ0) is 16.9. The van der Waals surface area contributed by atoms with Crippen molar-refractivity contribution in [1.29, 1.82) is 0 Å². The molecule has 3 rings (SSSR count). The van der Waals surface area contributed by atoms with Crippen LogP contribution in [-0.2, 0) is 0 Å². The number of amides is 1. The molecule has 2 N–H and O–H groups in total. The lowest BCUT2D eigenvalue weighted by Crippen LogP contribution is -2.28. The van der Waals surface area contributed by atoms with E-state index in [1.54, 1.807) is 30.5 Å². The van der Waals surface area contributed by atoms with Crippen LogP contribution >= 0.6 is 0 Å². The fraction of sp³-hybridized carbons (Fsp3) is 0.125. The maximum Gasteiger partial charge on any atom is 0.287 e. The number of pyridine rings is 1. The van der Waals surface area contributed by atoms with Gasteiger partial charge >= 0.3 is 0 Å². The van der Waals surface area contributed by atoms with Crippen LogP contribution in [0.1, 0.15) is 10.6 Å². The second kappa shape index (κ2) is 6.78. The number of anilines is 1. The lowest BCUT2D eigenvalue weighted by molar-refractivity contribution is -0.383. The van der Waals surface area contributed by atoms with Gasteiger partial charge in [0.05, 0.1) is 16.6 Å². The number of nitro benzene ring substituents is 1. The number of carbonyl (C=O) groups excluding carboxylic acids is 1. The number of fused-ring (bicyclic) bond motifs is 1. The van der Waals surface area contributed by atoms with E-state index >= 15 is 0 Å². The van der Waals surface area contributed by atoms with Gasteiger partial charge in [0.1, 0.15) is 0 Å². The van der Waals surface area contributed by atoms with Crippen molar-refractivity contribution in [2.24, 2.45) is 0 Å². The predicted octanol–water partition coefficient (Wildman–Crippen LogP) is 2.58. The van der Waals surface area contributed by atoms with Crippen molar-refractivity contribution in [2.75, 3.05) is 18.4 Å². The second-order valence-corrected chi connectivity index (χ2v) is 4.97. The maximum atomic E-state index is 11.7. The third-order valence-electron chi connectivity index (χ3n) is 3.46. The molecule has 0 fully saturated rings. The minimum absolute atomic E-state index is 0.00905. The van der Waals surface area contributed by atoms with Crippen molar-refractivity contribution in [3.8, 4) is 0 Å². The van der Waals surface area contributed by atoms with E-state index in [4.69, 9.17) is 4.42 Å². The van der Waals surface area contributed by atoms with Gasteiger partial charge in [0, 0.05) is 42.6 Å². The molecule has 1 aromatic carbocycles. The van der Waals surface area contributed by atoms with Crippen molar-refractivity contribution in [2.45, 2.75) is 0 Å². The number of nitrogens with one attached hydrogen (secondary N) is 2. The van der Waals surface area contributed by atoms with Gasteiger partial charge in [0.25, 0.3) is 11.6 Å². The normalized spacial score (nSPS) is 10.5. The molecule has 0 saturated carbocycles. The highest BCUT2D eigenvalue weighted by Gasteiger charge is 2.14. The Morgan fingerprint density at radius 2 is 2.08 bits per heavy atom.